The van der Waals surface area contributed by atoms with E-state index in [0.717, 1.165) is 22.5 Å². The van der Waals surface area contributed by atoms with Gasteiger partial charge in [0.2, 0.25) is 4.80 Å². The number of aryl methyl sites for hydroxylation is 1. The van der Waals surface area contributed by atoms with Crippen LogP contribution in [-0.4, -0.2) is 11.2 Å². The number of benzene rings is 1. The van der Waals surface area contributed by atoms with Gasteiger partial charge in [0.05, 0.1) is 22.1 Å². The molecule has 0 bridgehead atoms. The quantitative estimate of drug-likeness (QED) is 0.619. The first-order valence-corrected chi connectivity index (χ1v) is 6.24. The molecule has 5 nitrogen and oxygen atoms in total. The van der Waals surface area contributed by atoms with Gasteiger partial charge in [-0.25, -0.2) is 0 Å². The van der Waals surface area contributed by atoms with Crippen molar-refractivity contribution in [2.24, 2.45) is 10.4 Å². The first-order chi connectivity index (χ1) is 8.30. The Kier molecular flexibility index (Phi) is 3.53. The molecule has 1 aromatic heterocycles. The summed E-state index contributed by atoms with van der Waals surface area (Å²) in [6.45, 7) is 5.34. The Morgan fingerprint density at radius 3 is 2.88 bits per heavy atom. The van der Waals surface area contributed by atoms with E-state index in [2.05, 4.69) is 10.4 Å². The number of fused-ring (bicyclic) bond motifs is 1. The van der Waals surface area contributed by atoms with E-state index in [1.165, 1.54) is 11.3 Å². The number of hydrogen-bond donors (Lipinski definition) is 0. The maximum atomic E-state index is 10.2. The highest BCUT2D eigenvalue weighted by molar-refractivity contribution is 7.16. The van der Waals surface area contributed by atoms with Crippen LogP contribution in [0.5, 0.6) is 5.75 Å². The maximum absolute atomic E-state index is 10.2. The lowest BCUT2D eigenvalue weighted by atomic mass is 10.3. The van der Waals surface area contributed by atoms with Gasteiger partial charge in [-0.3, -0.25) is 0 Å². The zero-order valence-corrected chi connectivity index (χ0v) is 10.5. The van der Waals surface area contributed by atoms with Crippen molar-refractivity contribution in [1.82, 2.24) is 4.57 Å². The lowest BCUT2D eigenvalue weighted by Crippen LogP contribution is -2.12. The Morgan fingerprint density at radius 1 is 1.41 bits per heavy atom. The van der Waals surface area contributed by atoms with E-state index >= 15 is 0 Å². The van der Waals surface area contributed by atoms with Crippen LogP contribution in [0.2, 0.25) is 0 Å². The van der Waals surface area contributed by atoms with Crippen LogP contribution in [0.3, 0.4) is 0 Å². The molecule has 0 aliphatic carbocycles. The Bertz CT molecular complexity index is 600. The molecule has 0 saturated heterocycles. The van der Waals surface area contributed by atoms with E-state index in [4.69, 9.17) is 4.74 Å². The number of aromatic nitrogens is 1. The summed E-state index contributed by atoms with van der Waals surface area (Å²) in [6, 6.07) is 5.85. The molecule has 0 N–H and O–H groups in total. The molecule has 2 aromatic rings. The summed E-state index contributed by atoms with van der Waals surface area (Å²) in [5.74, 6) is 0.829. The van der Waals surface area contributed by atoms with Crippen LogP contribution >= 0.6 is 11.3 Å². The molecule has 0 fully saturated rings. The van der Waals surface area contributed by atoms with Crippen molar-refractivity contribution in [2.45, 2.75) is 20.4 Å². The number of ether oxygens (including phenoxy) is 1. The minimum Gasteiger partial charge on any atom is -0.494 e. The molecule has 0 amide bonds. The molecule has 0 radical (unpaired) electrons. The van der Waals surface area contributed by atoms with Gasteiger partial charge < -0.3 is 9.30 Å². The summed E-state index contributed by atoms with van der Waals surface area (Å²) in [4.78, 5) is 10.9. The molecule has 0 saturated carbocycles. The fraction of sp³-hybridized carbons (Fsp3) is 0.364. The summed E-state index contributed by atoms with van der Waals surface area (Å²) >= 11 is 1.44. The van der Waals surface area contributed by atoms with Crippen molar-refractivity contribution in [3.8, 4) is 5.75 Å². The van der Waals surface area contributed by atoms with Gasteiger partial charge in [-0.15, -0.1) is 4.91 Å². The minimum absolute atomic E-state index is 0.617. The number of thiazole rings is 1. The molecule has 0 atom stereocenters. The highest BCUT2D eigenvalue weighted by Crippen LogP contribution is 2.23. The topological polar surface area (TPSA) is 56.0 Å². The molecule has 17 heavy (non-hydrogen) atoms. The molecule has 2 rings (SSSR count). The van der Waals surface area contributed by atoms with Crippen LogP contribution in [0, 0.1) is 4.91 Å². The van der Waals surface area contributed by atoms with E-state index < -0.39 is 0 Å². The summed E-state index contributed by atoms with van der Waals surface area (Å²) in [7, 11) is 0. The van der Waals surface area contributed by atoms with Crippen LogP contribution in [0.25, 0.3) is 10.2 Å². The summed E-state index contributed by atoms with van der Waals surface area (Å²) in [5.41, 5.74) is 1.04. The van der Waals surface area contributed by atoms with Crippen LogP contribution in [0.1, 0.15) is 13.8 Å². The number of rotatable bonds is 4. The molecule has 1 aromatic carbocycles. The molecule has 1 heterocycles. The lowest BCUT2D eigenvalue weighted by Gasteiger charge is -2.03. The molecule has 0 spiro atoms. The molecule has 0 unspecified atom stereocenters. The molecular formula is C11H13N3O2S. The highest BCUT2D eigenvalue weighted by atomic mass is 32.1. The van der Waals surface area contributed by atoms with Gasteiger partial charge in [0.25, 0.3) is 0 Å². The fourth-order valence-corrected chi connectivity index (χ4v) is 2.79. The summed E-state index contributed by atoms with van der Waals surface area (Å²) in [6.07, 6.45) is 0. The summed E-state index contributed by atoms with van der Waals surface area (Å²) in [5, 5.41) is 6.20. The van der Waals surface area contributed by atoms with E-state index in [1.54, 1.807) is 0 Å². The zero-order chi connectivity index (χ0) is 12.3. The summed E-state index contributed by atoms with van der Waals surface area (Å²) < 4.78 is 8.44. The van der Waals surface area contributed by atoms with E-state index in [-0.39, 0.29) is 0 Å². The van der Waals surface area contributed by atoms with Gasteiger partial charge in [0.1, 0.15) is 5.75 Å². The van der Waals surface area contributed by atoms with E-state index in [9.17, 15) is 4.91 Å². The molecule has 90 valence electrons. The number of hydrogen-bond acceptors (Lipinski definition) is 4. The van der Waals surface area contributed by atoms with E-state index in [1.807, 2.05) is 36.6 Å². The van der Waals surface area contributed by atoms with Gasteiger partial charge in [0, 0.05) is 6.54 Å². The fourth-order valence-electron chi connectivity index (χ4n) is 1.73. The minimum atomic E-state index is 0.617. The third-order valence-corrected chi connectivity index (χ3v) is 3.44. The second-order valence-corrected chi connectivity index (χ2v) is 4.38. The van der Waals surface area contributed by atoms with Gasteiger partial charge in [-0.05, 0) is 32.0 Å². The second kappa shape index (κ2) is 5.09. The van der Waals surface area contributed by atoms with Crippen molar-refractivity contribution in [3.63, 3.8) is 0 Å². The molecule has 0 aliphatic rings. The average Bonchev–Trinajstić information content (AvgIpc) is 2.66. The first kappa shape index (κ1) is 11.8. The third-order valence-electron chi connectivity index (χ3n) is 2.41. The van der Waals surface area contributed by atoms with Gasteiger partial charge in [-0.2, -0.15) is 0 Å². The monoisotopic (exact) mass is 251 g/mol. The van der Waals surface area contributed by atoms with E-state index in [0.29, 0.717) is 11.4 Å². The second-order valence-electron chi connectivity index (χ2n) is 3.37. The largest absolute Gasteiger partial charge is 0.494 e. The predicted octanol–water partition coefficient (Wildman–Crippen LogP) is 2.70. The van der Waals surface area contributed by atoms with Gasteiger partial charge >= 0.3 is 0 Å². The maximum Gasteiger partial charge on any atom is 0.215 e. The average molecular weight is 251 g/mol. The number of nitroso groups, excluding NO2 is 1. The highest BCUT2D eigenvalue weighted by Gasteiger charge is 2.06. The first-order valence-electron chi connectivity index (χ1n) is 5.42. The van der Waals surface area contributed by atoms with Crippen LogP contribution in [0.15, 0.2) is 28.6 Å². The van der Waals surface area contributed by atoms with Crippen LogP contribution < -0.4 is 9.54 Å². The molecular weight excluding hydrogens is 238 g/mol. The smallest absolute Gasteiger partial charge is 0.215 e. The van der Waals surface area contributed by atoms with Crippen molar-refractivity contribution < 1.29 is 4.74 Å². The standard InChI is InChI=1S/C11H13N3O2S/c1-3-14-9-6-5-8(16-4-2)7-10(9)17-11(14)12-13-15/h5-7H,3-4H2,1-2H3/b12-11+. The Labute approximate surface area is 102 Å². The molecule has 0 aliphatic heterocycles. The Balaban J connectivity index is 2.64. The van der Waals surface area contributed by atoms with Crippen molar-refractivity contribution in [1.29, 1.82) is 0 Å². The molecule has 6 heteroatoms. The SMILES string of the molecule is CCOc1ccc2c(c1)s/c(=N/N=O)n2CC. The lowest BCUT2D eigenvalue weighted by molar-refractivity contribution is 0.341. The number of nitrogens with zero attached hydrogens (tertiary/aromatic N) is 3. The van der Waals surface area contributed by atoms with Crippen molar-refractivity contribution in [2.75, 3.05) is 6.61 Å². The van der Waals surface area contributed by atoms with Gasteiger partial charge in [-0.1, -0.05) is 16.4 Å². The van der Waals surface area contributed by atoms with Gasteiger partial charge in [0.15, 0.2) is 0 Å². The zero-order valence-electron chi connectivity index (χ0n) is 9.71. The third kappa shape index (κ3) is 2.21. The van der Waals surface area contributed by atoms with Crippen LogP contribution in [0.4, 0.5) is 0 Å². The Morgan fingerprint density at radius 2 is 2.24 bits per heavy atom. The van der Waals surface area contributed by atoms with Crippen molar-refractivity contribution in [3.05, 3.63) is 27.9 Å². The normalized spacial score (nSPS) is 12.0. The predicted molar refractivity (Wildman–Crippen MR) is 68.0 cm³/mol. The van der Waals surface area contributed by atoms with Crippen LogP contribution in [-0.2, 0) is 6.54 Å². The Hall–Kier alpha value is -1.69. The van der Waals surface area contributed by atoms with Crippen molar-refractivity contribution >= 4 is 21.6 Å².